The van der Waals surface area contributed by atoms with Crippen LogP contribution in [0.3, 0.4) is 0 Å². The third kappa shape index (κ3) is 4.68. The standard InChI is InChI=1S/C18H27F2NO2S/c1-4-11(3)12-6-5-10(2)7-13(8-12)21-14-9-15(17(19)20)24-16(14)18(22)23/h9-13,17,21H,4-8H2,1-3H3,(H,22,23). The second-order valence-corrected chi connectivity index (χ2v) is 8.22. The molecule has 0 aliphatic heterocycles. The quantitative estimate of drug-likeness (QED) is 0.609. The van der Waals surface area contributed by atoms with Gasteiger partial charge in [0.2, 0.25) is 0 Å². The Kier molecular flexibility index (Phi) is 6.61. The van der Waals surface area contributed by atoms with Crippen LogP contribution in [0.2, 0.25) is 0 Å². The van der Waals surface area contributed by atoms with Gasteiger partial charge in [-0.25, -0.2) is 13.6 Å². The molecule has 0 saturated heterocycles. The normalized spacial score (nSPS) is 26.2. The first-order chi connectivity index (χ1) is 11.3. The molecule has 4 unspecified atom stereocenters. The van der Waals surface area contributed by atoms with Crippen LogP contribution in [0.1, 0.15) is 73.8 Å². The molecule has 1 saturated carbocycles. The SMILES string of the molecule is CCC(C)C1CCC(C)CC(Nc2cc(C(F)F)sc2C(=O)O)C1. The van der Waals surface area contributed by atoms with Gasteiger partial charge in [-0.15, -0.1) is 11.3 Å². The number of carbonyl (C=O) groups is 1. The van der Waals surface area contributed by atoms with Gasteiger partial charge in [-0.1, -0.05) is 33.6 Å². The van der Waals surface area contributed by atoms with Crippen LogP contribution in [-0.2, 0) is 0 Å². The van der Waals surface area contributed by atoms with Gasteiger partial charge in [-0.3, -0.25) is 0 Å². The van der Waals surface area contributed by atoms with Crippen LogP contribution >= 0.6 is 11.3 Å². The van der Waals surface area contributed by atoms with E-state index in [2.05, 4.69) is 26.1 Å². The minimum atomic E-state index is -2.63. The topological polar surface area (TPSA) is 49.3 Å². The van der Waals surface area contributed by atoms with Crippen LogP contribution in [0.4, 0.5) is 14.5 Å². The van der Waals surface area contributed by atoms with Gasteiger partial charge in [0.15, 0.2) is 0 Å². The fourth-order valence-electron chi connectivity index (χ4n) is 3.65. The van der Waals surface area contributed by atoms with E-state index in [0.29, 0.717) is 34.8 Å². The number of carboxylic acid groups (broad SMARTS) is 1. The van der Waals surface area contributed by atoms with Crippen LogP contribution in [0, 0.1) is 17.8 Å². The second kappa shape index (κ2) is 8.28. The Balaban J connectivity index is 2.19. The number of rotatable bonds is 6. The van der Waals surface area contributed by atoms with Crippen LogP contribution in [-0.4, -0.2) is 17.1 Å². The Hall–Kier alpha value is -1.17. The molecule has 1 aliphatic rings. The number of hydrogen-bond acceptors (Lipinski definition) is 3. The van der Waals surface area contributed by atoms with Crippen molar-refractivity contribution >= 4 is 23.0 Å². The third-order valence-electron chi connectivity index (χ3n) is 5.27. The predicted octanol–water partition coefficient (Wildman–Crippen LogP) is 6.04. The average molecular weight is 359 g/mol. The van der Waals surface area contributed by atoms with Crippen LogP contribution in [0.5, 0.6) is 0 Å². The van der Waals surface area contributed by atoms with Crippen molar-refractivity contribution in [2.24, 2.45) is 17.8 Å². The summed E-state index contributed by atoms with van der Waals surface area (Å²) < 4.78 is 25.9. The van der Waals surface area contributed by atoms with E-state index in [1.807, 2.05) is 0 Å². The summed E-state index contributed by atoms with van der Waals surface area (Å²) in [5, 5.41) is 12.6. The number of nitrogens with one attached hydrogen (secondary N) is 1. The largest absolute Gasteiger partial charge is 0.477 e. The van der Waals surface area contributed by atoms with Gasteiger partial charge in [0.05, 0.1) is 10.6 Å². The zero-order valence-corrected chi connectivity index (χ0v) is 15.3. The number of alkyl halides is 2. The van der Waals surface area contributed by atoms with Crippen LogP contribution in [0.25, 0.3) is 0 Å². The highest BCUT2D eigenvalue weighted by atomic mass is 32.1. The maximum absolute atomic E-state index is 12.9. The maximum atomic E-state index is 12.9. The van der Waals surface area contributed by atoms with Crippen molar-refractivity contribution in [2.75, 3.05) is 5.32 Å². The molecule has 136 valence electrons. The van der Waals surface area contributed by atoms with Crippen molar-refractivity contribution in [1.29, 1.82) is 0 Å². The van der Waals surface area contributed by atoms with Gasteiger partial charge < -0.3 is 10.4 Å². The summed E-state index contributed by atoms with van der Waals surface area (Å²) in [7, 11) is 0. The van der Waals surface area contributed by atoms with E-state index < -0.39 is 12.4 Å². The molecule has 3 nitrogen and oxygen atoms in total. The molecule has 0 spiro atoms. The fraction of sp³-hybridized carbons (Fsp3) is 0.722. The number of anilines is 1. The lowest BCUT2D eigenvalue weighted by Gasteiger charge is -2.26. The first-order valence-corrected chi connectivity index (χ1v) is 9.55. The van der Waals surface area contributed by atoms with E-state index in [-0.39, 0.29) is 15.8 Å². The van der Waals surface area contributed by atoms with E-state index in [9.17, 15) is 18.7 Å². The highest BCUT2D eigenvalue weighted by Crippen LogP contribution is 2.38. The van der Waals surface area contributed by atoms with Crippen molar-refractivity contribution in [1.82, 2.24) is 0 Å². The van der Waals surface area contributed by atoms with Gasteiger partial charge in [0.25, 0.3) is 6.43 Å². The molecular weight excluding hydrogens is 332 g/mol. The van der Waals surface area contributed by atoms with Gasteiger partial charge in [-0.05, 0) is 43.1 Å². The molecule has 24 heavy (non-hydrogen) atoms. The summed E-state index contributed by atoms with van der Waals surface area (Å²) in [4.78, 5) is 11.2. The van der Waals surface area contributed by atoms with Gasteiger partial charge in [0.1, 0.15) is 4.88 Å². The number of thiophene rings is 1. The van der Waals surface area contributed by atoms with Crippen molar-refractivity contribution in [3.05, 3.63) is 15.8 Å². The molecule has 1 aromatic heterocycles. The minimum Gasteiger partial charge on any atom is -0.477 e. The maximum Gasteiger partial charge on any atom is 0.348 e. The second-order valence-electron chi connectivity index (χ2n) is 7.14. The summed E-state index contributed by atoms with van der Waals surface area (Å²) in [6, 6.07) is 1.45. The molecule has 1 heterocycles. The van der Waals surface area contributed by atoms with E-state index in [0.717, 1.165) is 19.3 Å². The van der Waals surface area contributed by atoms with Crippen LogP contribution < -0.4 is 5.32 Å². The molecule has 0 amide bonds. The Bertz CT molecular complexity index is 561. The van der Waals surface area contributed by atoms with E-state index >= 15 is 0 Å². The first-order valence-electron chi connectivity index (χ1n) is 8.73. The summed E-state index contributed by atoms with van der Waals surface area (Å²) in [6.45, 7) is 6.67. The molecular formula is C18H27F2NO2S. The highest BCUT2D eigenvalue weighted by molar-refractivity contribution is 7.14. The van der Waals surface area contributed by atoms with Crippen LogP contribution in [0.15, 0.2) is 6.07 Å². The molecule has 6 heteroatoms. The van der Waals surface area contributed by atoms with Crippen molar-refractivity contribution in [3.8, 4) is 0 Å². The molecule has 1 aromatic rings. The summed E-state index contributed by atoms with van der Waals surface area (Å²) in [5.74, 6) is 0.629. The fourth-order valence-corrected chi connectivity index (χ4v) is 4.47. The van der Waals surface area contributed by atoms with E-state index in [4.69, 9.17) is 0 Å². The van der Waals surface area contributed by atoms with Crippen molar-refractivity contribution in [2.45, 2.75) is 65.3 Å². The molecule has 2 N–H and O–H groups in total. The Morgan fingerprint density at radius 1 is 1.42 bits per heavy atom. The number of aromatic carboxylic acids is 1. The summed E-state index contributed by atoms with van der Waals surface area (Å²) >= 11 is 0.670. The van der Waals surface area contributed by atoms with Crippen molar-refractivity contribution < 1.29 is 18.7 Å². The smallest absolute Gasteiger partial charge is 0.348 e. The Morgan fingerprint density at radius 3 is 2.71 bits per heavy atom. The van der Waals surface area contributed by atoms with E-state index in [1.54, 1.807) is 0 Å². The number of hydrogen-bond donors (Lipinski definition) is 2. The lowest BCUT2D eigenvalue weighted by molar-refractivity contribution is 0.0703. The summed E-state index contributed by atoms with van der Waals surface area (Å²) in [6.07, 6.45) is 2.77. The van der Waals surface area contributed by atoms with E-state index in [1.165, 1.54) is 18.9 Å². The lowest BCUT2D eigenvalue weighted by atomic mass is 9.84. The summed E-state index contributed by atoms with van der Waals surface area (Å²) in [5.41, 5.74) is 0.352. The monoisotopic (exact) mass is 359 g/mol. The molecule has 0 aromatic carbocycles. The van der Waals surface area contributed by atoms with Gasteiger partial charge in [0, 0.05) is 6.04 Å². The van der Waals surface area contributed by atoms with Crippen molar-refractivity contribution in [3.63, 3.8) is 0 Å². The lowest BCUT2D eigenvalue weighted by Crippen LogP contribution is -2.25. The molecule has 2 rings (SSSR count). The molecule has 0 radical (unpaired) electrons. The zero-order valence-electron chi connectivity index (χ0n) is 14.5. The predicted molar refractivity (Wildman–Crippen MR) is 94.2 cm³/mol. The Labute approximate surface area is 146 Å². The third-order valence-corrected chi connectivity index (χ3v) is 6.40. The number of carboxylic acids is 1. The molecule has 0 bridgehead atoms. The molecule has 4 atom stereocenters. The minimum absolute atomic E-state index is 0.0118. The zero-order chi connectivity index (χ0) is 17.9. The first kappa shape index (κ1) is 19.2. The highest BCUT2D eigenvalue weighted by Gasteiger charge is 2.28. The number of halogens is 2. The van der Waals surface area contributed by atoms with Gasteiger partial charge >= 0.3 is 5.97 Å². The molecule has 1 aliphatic carbocycles. The molecule has 1 fully saturated rings. The van der Waals surface area contributed by atoms with Gasteiger partial charge in [-0.2, -0.15) is 0 Å². The Morgan fingerprint density at radius 2 is 2.12 bits per heavy atom. The average Bonchev–Trinajstić information content (AvgIpc) is 2.85.